The number of aliphatic hydroxyl groups excluding tert-OH is 2. The van der Waals surface area contributed by atoms with Gasteiger partial charge in [-0.1, -0.05) is 0 Å². The predicted molar refractivity (Wildman–Crippen MR) is 33.7 cm³/mol. The molecule has 80 valence electrons. The largest absolute Gasteiger partial charge is 1.00 e. The van der Waals surface area contributed by atoms with Crippen LogP contribution in [0, 0.1) is 0 Å². The number of aliphatic hydroxyl groups is 2. The summed E-state index contributed by atoms with van der Waals surface area (Å²) in [7, 11) is 0. The molecule has 0 saturated heterocycles. The normalized spacial score (nSPS) is 13.8. The van der Waals surface area contributed by atoms with Crippen LogP contribution < -0.4 is 5.11 Å². The van der Waals surface area contributed by atoms with Crippen molar-refractivity contribution in [1.29, 1.82) is 0 Å². The molecule has 0 spiro atoms. The van der Waals surface area contributed by atoms with E-state index in [-0.39, 0.29) is 23.7 Å². The number of rotatable bonds is 4. The molecule has 0 bridgehead atoms. The second kappa shape index (κ2) is 6.85. The van der Waals surface area contributed by atoms with Crippen LogP contribution in [0.1, 0.15) is 6.92 Å². The SMILES string of the molecule is CCOC(=O)C(O)C(O)C(=O)[O-].[Cu+]. The summed E-state index contributed by atoms with van der Waals surface area (Å²) in [6.45, 7) is 1.48. The van der Waals surface area contributed by atoms with Crippen molar-refractivity contribution in [3.05, 3.63) is 0 Å². The maximum absolute atomic E-state index is 10.6. The Labute approximate surface area is 85.0 Å². The number of carbonyl (C=O) groups excluding carboxylic acids is 2. The molecule has 0 aliphatic rings. The molecule has 0 fully saturated rings. The van der Waals surface area contributed by atoms with E-state index in [1.165, 1.54) is 6.92 Å². The van der Waals surface area contributed by atoms with Crippen LogP contribution in [-0.4, -0.2) is 41.0 Å². The minimum atomic E-state index is -2.25. The van der Waals surface area contributed by atoms with Crippen molar-refractivity contribution in [3.63, 3.8) is 0 Å². The molecule has 0 aliphatic heterocycles. The second-order valence-electron chi connectivity index (χ2n) is 1.96. The van der Waals surface area contributed by atoms with E-state index < -0.39 is 24.1 Å². The van der Waals surface area contributed by atoms with E-state index in [4.69, 9.17) is 10.2 Å². The Morgan fingerprint density at radius 2 is 1.85 bits per heavy atom. The molecule has 0 saturated carbocycles. The van der Waals surface area contributed by atoms with Crippen LogP contribution in [0.4, 0.5) is 0 Å². The molecule has 0 aromatic rings. The van der Waals surface area contributed by atoms with E-state index >= 15 is 0 Å². The van der Waals surface area contributed by atoms with Crippen LogP contribution in [0.5, 0.6) is 0 Å². The van der Waals surface area contributed by atoms with Crippen molar-refractivity contribution in [3.8, 4) is 0 Å². The molecule has 2 N–H and O–H groups in total. The molecule has 13 heavy (non-hydrogen) atoms. The van der Waals surface area contributed by atoms with Crippen LogP contribution in [0.15, 0.2) is 0 Å². The fourth-order valence-corrected chi connectivity index (χ4v) is 0.485. The molecule has 6 nitrogen and oxygen atoms in total. The van der Waals surface area contributed by atoms with Crippen LogP contribution >= 0.6 is 0 Å². The maximum atomic E-state index is 10.6. The van der Waals surface area contributed by atoms with E-state index in [0.29, 0.717) is 0 Å². The molecule has 0 aliphatic carbocycles. The van der Waals surface area contributed by atoms with Crippen molar-refractivity contribution in [2.75, 3.05) is 6.61 Å². The van der Waals surface area contributed by atoms with E-state index in [1.807, 2.05) is 0 Å². The Morgan fingerprint density at radius 3 is 2.15 bits per heavy atom. The molecule has 0 rings (SSSR count). The molecule has 2 unspecified atom stereocenters. The van der Waals surface area contributed by atoms with Crippen LogP contribution in [0.3, 0.4) is 0 Å². The van der Waals surface area contributed by atoms with Gasteiger partial charge in [-0.25, -0.2) is 4.79 Å². The fraction of sp³-hybridized carbons (Fsp3) is 0.667. The minimum Gasteiger partial charge on any atom is -0.547 e. The van der Waals surface area contributed by atoms with Gasteiger partial charge in [0.15, 0.2) is 6.10 Å². The van der Waals surface area contributed by atoms with Crippen LogP contribution in [-0.2, 0) is 31.4 Å². The summed E-state index contributed by atoms with van der Waals surface area (Å²) in [4.78, 5) is 20.5. The molecular formula is C6H9CuO6. The van der Waals surface area contributed by atoms with E-state index in [0.717, 1.165) is 0 Å². The van der Waals surface area contributed by atoms with Gasteiger partial charge in [-0.3, -0.25) is 0 Å². The first kappa shape index (κ1) is 14.9. The van der Waals surface area contributed by atoms with E-state index in [1.54, 1.807) is 0 Å². The van der Waals surface area contributed by atoms with Crippen molar-refractivity contribution in [2.24, 2.45) is 0 Å². The van der Waals surface area contributed by atoms with E-state index in [2.05, 4.69) is 4.74 Å². The molecule has 0 aromatic carbocycles. The van der Waals surface area contributed by atoms with Gasteiger partial charge in [0.05, 0.1) is 12.6 Å². The van der Waals surface area contributed by atoms with Gasteiger partial charge >= 0.3 is 23.0 Å². The van der Waals surface area contributed by atoms with Gasteiger partial charge in [-0.2, -0.15) is 0 Å². The van der Waals surface area contributed by atoms with Gasteiger partial charge in [0.2, 0.25) is 0 Å². The number of hydrogen-bond acceptors (Lipinski definition) is 6. The smallest absolute Gasteiger partial charge is 0.547 e. The summed E-state index contributed by atoms with van der Waals surface area (Å²) in [6, 6.07) is 0. The summed E-state index contributed by atoms with van der Waals surface area (Å²) in [5.74, 6) is -3.11. The van der Waals surface area contributed by atoms with Crippen molar-refractivity contribution in [2.45, 2.75) is 19.1 Å². The average molecular weight is 241 g/mol. The first-order valence-corrected chi connectivity index (χ1v) is 3.24. The standard InChI is InChI=1S/C6H10O6.Cu/c1-2-12-6(11)4(8)3(7)5(9)10;/h3-4,7-8H,2H2,1H3,(H,9,10);/q;+1/p-1. The number of carboxylic acids is 1. The zero-order valence-corrected chi connectivity index (χ0v) is 7.63. The first-order valence-electron chi connectivity index (χ1n) is 3.24. The summed E-state index contributed by atoms with van der Waals surface area (Å²) < 4.78 is 4.23. The Bertz CT molecular complexity index is 182. The molecule has 0 amide bonds. The Hall–Kier alpha value is -0.621. The molecule has 0 radical (unpaired) electrons. The average Bonchev–Trinajstić information content (AvgIpc) is 2.02. The number of esters is 1. The van der Waals surface area contributed by atoms with Gasteiger partial charge in [0, 0.05) is 0 Å². The summed E-state index contributed by atoms with van der Waals surface area (Å²) >= 11 is 0. The molecular weight excluding hydrogens is 232 g/mol. The number of carboxylic acid groups (broad SMARTS) is 1. The number of hydrogen-bond donors (Lipinski definition) is 2. The van der Waals surface area contributed by atoms with Gasteiger partial charge in [-0.05, 0) is 6.92 Å². The van der Waals surface area contributed by atoms with E-state index in [9.17, 15) is 14.7 Å². The third-order valence-corrected chi connectivity index (χ3v) is 1.07. The second-order valence-corrected chi connectivity index (χ2v) is 1.96. The van der Waals surface area contributed by atoms with Gasteiger partial charge in [0.1, 0.15) is 6.10 Å². The Balaban J connectivity index is 0. The molecule has 2 atom stereocenters. The zero-order valence-electron chi connectivity index (χ0n) is 6.69. The van der Waals surface area contributed by atoms with Gasteiger partial charge in [-0.15, -0.1) is 0 Å². The predicted octanol–water partition coefficient (Wildman–Crippen LogP) is -2.98. The molecule has 0 aromatic heterocycles. The minimum absolute atomic E-state index is 0. The van der Waals surface area contributed by atoms with Crippen LogP contribution in [0.25, 0.3) is 0 Å². The topological polar surface area (TPSA) is 107 Å². The third-order valence-electron chi connectivity index (χ3n) is 1.07. The Kier molecular flexibility index (Phi) is 7.84. The summed E-state index contributed by atoms with van der Waals surface area (Å²) in [6.07, 6.45) is -4.33. The van der Waals surface area contributed by atoms with Crippen molar-refractivity contribution >= 4 is 11.9 Å². The summed E-state index contributed by atoms with van der Waals surface area (Å²) in [5, 5.41) is 27.2. The van der Waals surface area contributed by atoms with Crippen molar-refractivity contribution < 1.29 is 46.7 Å². The van der Waals surface area contributed by atoms with Gasteiger partial charge in [0.25, 0.3) is 0 Å². The number of ether oxygens (including phenoxy) is 1. The number of aliphatic carboxylic acids is 1. The fourth-order valence-electron chi connectivity index (χ4n) is 0.485. The quantitative estimate of drug-likeness (QED) is 0.401. The van der Waals surface area contributed by atoms with Crippen molar-refractivity contribution in [1.82, 2.24) is 0 Å². The van der Waals surface area contributed by atoms with Gasteiger partial charge < -0.3 is 24.9 Å². The van der Waals surface area contributed by atoms with Crippen LogP contribution in [0.2, 0.25) is 0 Å². The monoisotopic (exact) mass is 240 g/mol. The zero-order chi connectivity index (χ0) is 9.72. The number of carbonyl (C=O) groups is 2. The summed E-state index contributed by atoms with van der Waals surface area (Å²) in [5.41, 5.74) is 0. The Morgan fingerprint density at radius 1 is 1.38 bits per heavy atom. The maximum Gasteiger partial charge on any atom is 1.00 e. The molecule has 7 heteroatoms. The third kappa shape index (κ3) is 4.84. The molecule has 0 heterocycles. The first-order chi connectivity index (χ1) is 5.50.